The average molecular weight is 252 g/mol. The summed E-state index contributed by atoms with van der Waals surface area (Å²) in [4.78, 5) is 12.1. The van der Waals surface area contributed by atoms with Gasteiger partial charge in [0.25, 0.3) is 5.91 Å². The van der Waals surface area contributed by atoms with Crippen LogP contribution >= 0.6 is 0 Å². The number of nitrogens with zero attached hydrogens (tertiary/aromatic N) is 3. The maximum absolute atomic E-state index is 12.1. The Morgan fingerprint density at radius 3 is 2.68 bits per heavy atom. The van der Waals surface area contributed by atoms with Crippen molar-refractivity contribution in [1.82, 2.24) is 14.6 Å². The fourth-order valence-corrected chi connectivity index (χ4v) is 1.86. The molecule has 3 aromatic rings. The van der Waals surface area contributed by atoms with Crippen LogP contribution in [0.2, 0.25) is 0 Å². The smallest absolute Gasteiger partial charge is 0.257 e. The van der Waals surface area contributed by atoms with Gasteiger partial charge in [-0.3, -0.25) is 9.20 Å². The zero-order valence-electron chi connectivity index (χ0n) is 10.4. The Morgan fingerprint density at radius 1 is 1.11 bits per heavy atom. The maximum Gasteiger partial charge on any atom is 0.257 e. The van der Waals surface area contributed by atoms with Gasteiger partial charge in [-0.2, -0.15) is 0 Å². The molecule has 2 heterocycles. The molecule has 3 rings (SSSR count). The molecule has 5 nitrogen and oxygen atoms in total. The second kappa shape index (κ2) is 4.53. The highest BCUT2D eigenvalue weighted by Crippen LogP contribution is 2.10. The quantitative estimate of drug-likeness (QED) is 0.761. The monoisotopic (exact) mass is 252 g/mol. The van der Waals surface area contributed by atoms with E-state index in [9.17, 15) is 4.79 Å². The summed E-state index contributed by atoms with van der Waals surface area (Å²) in [5.41, 5.74) is 2.07. The molecule has 19 heavy (non-hydrogen) atoms. The minimum atomic E-state index is -0.152. The second-order valence-corrected chi connectivity index (χ2v) is 4.21. The van der Waals surface area contributed by atoms with Crippen molar-refractivity contribution in [3.63, 3.8) is 0 Å². The first-order valence-corrected chi connectivity index (χ1v) is 5.92. The molecule has 0 unspecified atom stereocenters. The molecule has 0 saturated carbocycles. The van der Waals surface area contributed by atoms with Gasteiger partial charge in [-0.1, -0.05) is 18.2 Å². The number of aryl methyl sites for hydroxylation is 1. The molecule has 94 valence electrons. The number of nitrogens with one attached hydrogen (secondary N) is 1. The molecule has 1 aromatic carbocycles. The van der Waals surface area contributed by atoms with Gasteiger partial charge in [-0.15, -0.1) is 10.2 Å². The van der Waals surface area contributed by atoms with Crippen LogP contribution in [0, 0.1) is 6.92 Å². The van der Waals surface area contributed by atoms with Crippen molar-refractivity contribution >= 4 is 17.2 Å². The van der Waals surface area contributed by atoms with E-state index < -0.39 is 0 Å². The number of fused-ring (bicyclic) bond motifs is 1. The molecule has 0 fully saturated rings. The number of para-hydroxylation sites is 1. The first-order chi connectivity index (χ1) is 9.24. The highest BCUT2D eigenvalue weighted by molar-refractivity contribution is 6.04. The number of amides is 1. The predicted molar refractivity (Wildman–Crippen MR) is 72.1 cm³/mol. The summed E-state index contributed by atoms with van der Waals surface area (Å²) in [5, 5.41) is 10.8. The van der Waals surface area contributed by atoms with E-state index in [0.717, 1.165) is 17.2 Å². The van der Waals surface area contributed by atoms with Crippen molar-refractivity contribution in [2.24, 2.45) is 0 Å². The van der Waals surface area contributed by atoms with Crippen LogP contribution in [0.25, 0.3) is 5.65 Å². The highest BCUT2D eigenvalue weighted by Gasteiger charge is 2.08. The lowest BCUT2D eigenvalue weighted by molar-refractivity contribution is 0.102. The van der Waals surface area contributed by atoms with Gasteiger partial charge in [0.1, 0.15) is 5.82 Å². The normalized spacial score (nSPS) is 10.6. The number of carbonyl (C=O) groups is 1. The number of hydrogen-bond donors (Lipinski definition) is 1. The van der Waals surface area contributed by atoms with Gasteiger partial charge in [-0.25, -0.2) is 0 Å². The average Bonchev–Trinajstić information content (AvgIpc) is 2.81. The predicted octanol–water partition coefficient (Wildman–Crippen LogP) is 2.29. The lowest BCUT2D eigenvalue weighted by atomic mass is 10.2. The van der Waals surface area contributed by atoms with Crippen molar-refractivity contribution in [1.29, 1.82) is 0 Å². The standard InChI is InChI=1S/C14H12N4O/c1-10-16-17-13-8-7-11(9-18(10)13)14(19)15-12-5-3-2-4-6-12/h2-9H,1H3,(H,15,19). The summed E-state index contributed by atoms with van der Waals surface area (Å²) in [6.07, 6.45) is 1.74. The van der Waals surface area contributed by atoms with Gasteiger partial charge in [0.15, 0.2) is 5.65 Å². The number of anilines is 1. The molecular formula is C14H12N4O. The van der Waals surface area contributed by atoms with Gasteiger partial charge in [0, 0.05) is 11.9 Å². The van der Waals surface area contributed by atoms with Gasteiger partial charge in [-0.05, 0) is 31.2 Å². The van der Waals surface area contributed by atoms with Gasteiger partial charge in [0.05, 0.1) is 5.56 Å². The first kappa shape index (κ1) is 11.4. The minimum Gasteiger partial charge on any atom is -0.322 e. The topological polar surface area (TPSA) is 59.3 Å². The molecule has 5 heteroatoms. The van der Waals surface area contributed by atoms with Crippen LogP contribution in [-0.4, -0.2) is 20.5 Å². The summed E-state index contributed by atoms with van der Waals surface area (Å²) < 4.78 is 1.79. The number of rotatable bonds is 2. The summed E-state index contributed by atoms with van der Waals surface area (Å²) in [6.45, 7) is 1.85. The molecular weight excluding hydrogens is 240 g/mol. The zero-order valence-corrected chi connectivity index (χ0v) is 10.4. The number of carbonyl (C=O) groups excluding carboxylic acids is 1. The summed E-state index contributed by atoms with van der Waals surface area (Å²) in [6, 6.07) is 12.9. The zero-order chi connectivity index (χ0) is 13.2. The molecule has 0 bridgehead atoms. The number of pyridine rings is 1. The van der Waals surface area contributed by atoms with E-state index >= 15 is 0 Å². The number of benzene rings is 1. The van der Waals surface area contributed by atoms with E-state index in [1.165, 1.54) is 0 Å². The van der Waals surface area contributed by atoms with Crippen LogP contribution < -0.4 is 5.32 Å². The van der Waals surface area contributed by atoms with E-state index in [-0.39, 0.29) is 5.91 Å². The summed E-state index contributed by atoms with van der Waals surface area (Å²) >= 11 is 0. The Kier molecular flexibility index (Phi) is 2.72. The first-order valence-electron chi connectivity index (χ1n) is 5.92. The van der Waals surface area contributed by atoms with E-state index in [4.69, 9.17) is 0 Å². The largest absolute Gasteiger partial charge is 0.322 e. The van der Waals surface area contributed by atoms with Crippen LogP contribution in [0.15, 0.2) is 48.7 Å². The van der Waals surface area contributed by atoms with E-state index in [2.05, 4.69) is 15.5 Å². The summed E-state index contributed by atoms with van der Waals surface area (Å²) in [7, 11) is 0. The fourth-order valence-electron chi connectivity index (χ4n) is 1.86. The maximum atomic E-state index is 12.1. The highest BCUT2D eigenvalue weighted by atomic mass is 16.1. The Hall–Kier alpha value is -2.69. The Morgan fingerprint density at radius 2 is 1.89 bits per heavy atom. The molecule has 0 aliphatic heterocycles. The van der Waals surface area contributed by atoms with Crippen LogP contribution in [0.1, 0.15) is 16.2 Å². The lowest BCUT2D eigenvalue weighted by Gasteiger charge is -2.05. The van der Waals surface area contributed by atoms with Crippen molar-refractivity contribution in [3.05, 3.63) is 60.0 Å². The Balaban J connectivity index is 1.91. The van der Waals surface area contributed by atoms with Crippen LogP contribution in [-0.2, 0) is 0 Å². The third-order valence-electron chi connectivity index (χ3n) is 2.87. The lowest BCUT2D eigenvalue weighted by Crippen LogP contribution is -2.12. The van der Waals surface area contributed by atoms with Crippen LogP contribution in [0.5, 0.6) is 0 Å². The van der Waals surface area contributed by atoms with Crippen molar-refractivity contribution in [2.45, 2.75) is 6.92 Å². The van der Waals surface area contributed by atoms with Crippen molar-refractivity contribution < 1.29 is 4.79 Å². The molecule has 0 atom stereocenters. The van der Waals surface area contributed by atoms with E-state index in [1.54, 1.807) is 22.7 Å². The second-order valence-electron chi connectivity index (χ2n) is 4.21. The van der Waals surface area contributed by atoms with Crippen molar-refractivity contribution in [3.8, 4) is 0 Å². The number of hydrogen-bond acceptors (Lipinski definition) is 3. The van der Waals surface area contributed by atoms with Gasteiger partial charge in [0.2, 0.25) is 0 Å². The molecule has 0 saturated heterocycles. The molecule has 0 aliphatic rings. The van der Waals surface area contributed by atoms with Crippen LogP contribution in [0.3, 0.4) is 0 Å². The third kappa shape index (κ3) is 2.18. The molecule has 0 radical (unpaired) electrons. The van der Waals surface area contributed by atoms with Gasteiger partial charge >= 0.3 is 0 Å². The van der Waals surface area contributed by atoms with Crippen molar-refractivity contribution in [2.75, 3.05) is 5.32 Å². The Labute approximate surface area is 109 Å². The molecule has 1 amide bonds. The third-order valence-corrected chi connectivity index (χ3v) is 2.87. The molecule has 0 aliphatic carbocycles. The van der Waals surface area contributed by atoms with E-state index in [1.807, 2.05) is 37.3 Å². The molecule has 1 N–H and O–H groups in total. The SMILES string of the molecule is Cc1nnc2ccc(C(=O)Nc3ccccc3)cn12. The van der Waals surface area contributed by atoms with Crippen LogP contribution in [0.4, 0.5) is 5.69 Å². The minimum absolute atomic E-state index is 0.152. The van der Waals surface area contributed by atoms with E-state index in [0.29, 0.717) is 5.56 Å². The number of aromatic nitrogens is 3. The summed E-state index contributed by atoms with van der Waals surface area (Å²) in [5.74, 6) is 0.602. The molecule has 2 aromatic heterocycles. The Bertz CT molecular complexity index is 734. The fraction of sp³-hybridized carbons (Fsp3) is 0.0714. The van der Waals surface area contributed by atoms with Gasteiger partial charge < -0.3 is 5.32 Å². The molecule has 0 spiro atoms.